The number of anilines is 2. The largest absolute Gasteiger partial charge is 0.497 e. The lowest BCUT2D eigenvalue weighted by atomic mass is 10.2. The molecule has 25 heavy (non-hydrogen) atoms. The highest BCUT2D eigenvalue weighted by Crippen LogP contribution is 2.27. The van der Waals surface area contributed by atoms with Crippen LogP contribution in [0.1, 0.15) is 5.56 Å². The van der Waals surface area contributed by atoms with Gasteiger partial charge >= 0.3 is 0 Å². The second kappa shape index (κ2) is 7.90. The highest BCUT2D eigenvalue weighted by atomic mass is 79.9. The van der Waals surface area contributed by atoms with Crippen molar-refractivity contribution in [2.45, 2.75) is 6.61 Å². The number of halogens is 1. The topological polar surface area (TPSA) is 63.4 Å². The highest BCUT2D eigenvalue weighted by molar-refractivity contribution is 9.10. The summed E-state index contributed by atoms with van der Waals surface area (Å²) in [6.45, 7) is 0.436. The maximum absolute atomic E-state index is 11.8. The Balaban J connectivity index is 1.72. The molecular formula is C19H17BrN2O3. The van der Waals surface area contributed by atoms with Gasteiger partial charge in [-0.3, -0.25) is 4.79 Å². The van der Waals surface area contributed by atoms with Crippen LogP contribution in [0, 0.1) is 0 Å². The van der Waals surface area contributed by atoms with Crippen LogP contribution in [0.15, 0.2) is 70.1 Å². The first-order valence-corrected chi connectivity index (χ1v) is 8.44. The Hall–Kier alpha value is -2.73. The number of hydrogen-bond donors (Lipinski definition) is 2. The van der Waals surface area contributed by atoms with E-state index in [4.69, 9.17) is 9.47 Å². The molecule has 2 N–H and O–H groups in total. The van der Waals surface area contributed by atoms with Crippen molar-refractivity contribution in [1.82, 2.24) is 4.98 Å². The zero-order valence-corrected chi connectivity index (χ0v) is 15.2. The molecule has 1 aromatic heterocycles. The lowest BCUT2D eigenvalue weighted by Gasteiger charge is -2.11. The van der Waals surface area contributed by atoms with E-state index in [0.29, 0.717) is 18.0 Å². The summed E-state index contributed by atoms with van der Waals surface area (Å²) in [5.41, 5.74) is 2.09. The molecule has 0 amide bonds. The zero-order valence-electron chi connectivity index (χ0n) is 13.6. The number of pyridine rings is 1. The van der Waals surface area contributed by atoms with E-state index in [2.05, 4.69) is 26.2 Å². The van der Waals surface area contributed by atoms with Crippen molar-refractivity contribution in [2.75, 3.05) is 12.4 Å². The molecule has 0 atom stereocenters. The Morgan fingerprint density at radius 1 is 1.08 bits per heavy atom. The molecule has 0 radical (unpaired) electrons. The van der Waals surface area contributed by atoms with Crippen molar-refractivity contribution in [3.05, 3.63) is 81.2 Å². The normalized spacial score (nSPS) is 10.3. The minimum Gasteiger partial charge on any atom is -0.497 e. The highest BCUT2D eigenvalue weighted by Gasteiger charge is 2.04. The van der Waals surface area contributed by atoms with Crippen LogP contribution in [0.25, 0.3) is 0 Å². The Bertz CT molecular complexity index is 907. The summed E-state index contributed by atoms with van der Waals surface area (Å²) in [7, 11) is 1.64. The number of rotatable bonds is 6. The zero-order chi connectivity index (χ0) is 17.6. The number of methoxy groups -OCH3 is 1. The molecular weight excluding hydrogens is 384 g/mol. The minimum atomic E-state index is -0.178. The maximum Gasteiger partial charge on any atom is 0.271 e. The number of hydrogen-bond acceptors (Lipinski definition) is 4. The number of aromatic amines is 1. The third kappa shape index (κ3) is 4.64. The van der Waals surface area contributed by atoms with Crippen molar-refractivity contribution in [3.8, 4) is 11.5 Å². The minimum absolute atomic E-state index is 0.178. The van der Waals surface area contributed by atoms with Gasteiger partial charge in [0.15, 0.2) is 0 Å². The summed E-state index contributed by atoms with van der Waals surface area (Å²) in [6.07, 6.45) is 1.60. The quantitative estimate of drug-likeness (QED) is 0.640. The van der Waals surface area contributed by atoms with E-state index in [1.54, 1.807) is 25.4 Å². The van der Waals surface area contributed by atoms with Gasteiger partial charge in [-0.25, -0.2) is 0 Å². The third-order valence-corrected chi connectivity index (χ3v) is 3.99. The van der Waals surface area contributed by atoms with Crippen LogP contribution < -0.4 is 20.3 Å². The SMILES string of the molecule is COc1ccc(COc2cc(Br)cc(Nc3ccc[nH]c3=O)c2)cc1. The summed E-state index contributed by atoms with van der Waals surface area (Å²) in [4.78, 5) is 14.4. The molecule has 0 bridgehead atoms. The van der Waals surface area contributed by atoms with Crippen LogP contribution in [-0.2, 0) is 6.61 Å². The van der Waals surface area contributed by atoms with Gasteiger partial charge in [0, 0.05) is 22.4 Å². The number of benzene rings is 2. The van der Waals surface area contributed by atoms with E-state index >= 15 is 0 Å². The van der Waals surface area contributed by atoms with Gasteiger partial charge in [0.25, 0.3) is 5.56 Å². The van der Waals surface area contributed by atoms with Crippen LogP contribution in [0.5, 0.6) is 11.5 Å². The van der Waals surface area contributed by atoms with Gasteiger partial charge in [-0.05, 0) is 42.0 Å². The van der Waals surface area contributed by atoms with E-state index in [9.17, 15) is 4.79 Å². The molecule has 1 heterocycles. The molecule has 0 aliphatic heterocycles. The second-order valence-corrected chi connectivity index (χ2v) is 6.27. The Kier molecular flexibility index (Phi) is 5.40. The molecule has 0 unspecified atom stereocenters. The number of H-pyrrole nitrogens is 1. The number of nitrogens with one attached hydrogen (secondary N) is 2. The first-order chi connectivity index (χ1) is 12.1. The van der Waals surface area contributed by atoms with Gasteiger partial charge in [0.2, 0.25) is 0 Å². The third-order valence-electron chi connectivity index (χ3n) is 3.53. The van der Waals surface area contributed by atoms with Gasteiger partial charge in [-0.15, -0.1) is 0 Å². The van der Waals surface area contributed by atoms with Crippen LogP contribution >= 0.6 is 15.9 Å². The van der Waals surface area contributed by atoms with E-state index in [-0.39, 0.29) is 5.56 Å². The summed E-state index contributed by atoms with van der Waals surface area (Å²) >= 11 is 3.47. The predicted octanol–water partition coefficient (Wildman–Crippen LogP) is 4.47. The van der Waals surface area contributed by atoms with E-state index in [0.717, 1.165) is 21.5 Å². The molecule has 3 rings (SSSR count). The Morgan fingerprint density at radius 3 is 2.60 bits per heavy atom. The Morgan fingerprint density at radius 2 is 1.88 bits per heavy atom. The molecule has 0 saturated carbocycles. The van der Waals surface area contributed by atoms with Crippen LogP contribution in [-0.4, -0.2) is 12.1 Å². The number of ether oxygens (including phenoxy) is 2. The van der Waals surface area contributed by atoms with Crippen molar-refractivity contribution < 1.29 is 9.47 Å². The lowest BCUT2D eigenvalue weighted by molar-refractivity contribution is 0.306. The van der Waals surface area contributed by atoms with Crippen molar-refractivity contribution in [3.63, 3.8) is 0 Å². The fourth-order valence-corrected chi connectivity index (χ4v) is 2.75. The smallest absolute Gasteiger partial charge is 0.271 e. The standard InChI is InChI=1S/C19H17BrN2O3/c1-24-16-6-4-13(5-7-16)12-25-17-10-14(20)9-15(11-17)22-18-3-2-8-21-19(18)23/h2-11,22H,12H2,1H3,(H,21,23). The number of aromatic nitrogens is 1. The van der Waals surface area contributed by atoms with Crippen molar-refractivity contribution in [2.24, 2.45) is 0 Å². The molecule has 0 spiro atoms. The summed E-state index contributed by atoms with van der Waals surface area (Å²) < 4.78 is 11.9. The van der Waals surface area contributed by atoms with E-state index < -0.39 is 0 Å². The molecule has 5 nitrogen and oxygen atoms in total. The maximum atomic E-state index is 11.8. The molecule has 128 valence electrons. The fourth-order valence-electron chi connectivity index (χ4n) is 2.28. The molecule has 0 aliphatic carbocycles. The van der Waals surface area contributed by atoms with Gasteiger partial charge in [0.1, 0.15) is 23.8 Å². The molecule has 0 aliphatic rings. The molecule has 0 saturated heterocycles. The fraction of sp³-hybridized carbons (Fsp3) is 0.105. The average molecular weight is 401 g/mol. The predicted molar refractivity (Wildman–Crippen MR) is 102 cm³/mol. The summed E-state index contributed by atoms with van der Waals surface area (Å²) in [6, 6.07) is 16.8. The first kappa shape index (κ1) is 17.1. The molecule has 3 aromatic rings. The Labute approximate surface area is 153 Å². The van der Waals surface area contributed by atoms with Gasteiger partial charge in [0.05, 0.1) is 7.11 Å². The van der Waals surface area contributed by atoms with Crippen LogP contribution in [0.4, 0.5) is 11.4 Å². The van der Waals surface area contributed by atoms with Gasteiger partial charge in [-0.2, -0.15) is 0 Å². The van der Waals surface area contributed by atoms with Gasteiger partial charge in [-0.1, -0.05) is 28.1 Å². The lowest BCUT2D eigenvalue weighted by Crippen LogP contribution is -2.09. The summed E-state index contributed by atoms with van der Waals surface area (Å²) in [5.74, 6) is 1.51. The van der Waals surface area contributed by atoms with Crippen LogP contribution in [0.2, 0.25) is 0 Å². The van der Waals surface area contributed by atoms with Crippen molar-refractivity contribution >= 4 is 27.3 Å². The monoisotopic (exact) mass is 400 g/mol. The van der Waals surface area contributed by atoms with Gasteiger partial charge < -0.3 is 19.8 Å². The second-order valence-electron chi connectivity index (χ2n) is 5.35. The van der Waals surface area contributed by atoms with Crippen molar-refractivity contribution in [1.29, 1.82) is 0 Å². The van der Waals surface area contributed by atoms with Crippen LogP contribution in [0.3, 0.4) is 0 Å². The average Bonchev–Trinajstić information content (AvgIpc) is 2.62. The first-order valence-electron chi connectivity index (χ1n) is 7.65. The summed E-state index contributed by atoms with van der Waals surface area (Å²) in [5, 5.41) is 3.10. The molecule has 0 fully saturated rings. The molecule has 2 aromatic carbocycles. The van der Waals surface area contributed by atoms with E-state index in [1.807, 2.05) is 42.5 Å². The van der Waals surface area contributed by atoms with E-state index in [1.165, 1.54) is 0 Å². The molecule has 6 heteroatoms.